The third kappa shape index (κ3) is 42.8. The van der Waals surface area contributed by atoms with Crippen molar-refractivity contribution in [1.82, 2.24) is 0 Å². The van der Waals surface area contributed by atoms with Gasteiger partial charge in [0.2, 0.25) is 0 Å². The smallest absolute Gasteiger partial charge is 0.503 e. The lowest BCUT2D eigenvalue weighted by Crippen LogP contribution is -1.86. The van der Waals surface area contributed by atoms with Gasteiger partial charge in [-0.3, -0.25) is 0 Å². The van der Waals surface area contributed by atoms with Gasteiger partial charge in [0.1, 0.15) is 0 Å². The molecule has 0 saturated heterocycles. The van der Waals surface area contributed by atoms with Crippen LogP contribution in [0.4, 0.5) is 4.79 Å². The molecule has 0 radical (unpaired) electrons. The summed E-state index contributed by atoms with van der Waals surface area (Å²) in [6.45, 7) is 2.28. The van der Waals surface area contributed by atoms with Crippen LogP contribution in [0.15, 0.2) is 0 Å². The summed E-state index contributed by atoms with van der Waals surface area (Å²) in [6, 6.07) is 0. The summed E-state index contributed by atoms with van der Waals surface area (Å²) in [5.74, 6) is 0. The minimum Gasteiger partial charge on any atom is -0.518 e. The molecule has 0 heterocycles. The van der Waals surface area contributed by atoms with Gasteiger partial charge < -0.3 is 19.8 Å². The molecule has 22 heavy (non-hydrogen) atoms. The predicted molar refractivity (Wildman–Crippen MR) is 98.1 cm³/mol. The van der Waals surface area contributed by atoms with E-state index >= 15 is 0 Å². The Morgan fingerprint density at radius 3 is 1.32 bits per heavy atom. The van der Waals surface area contributed by atoms with Crippen molar-refractivity contribution >= 4 is 44.8 Å². The van der Waals surface area contributed by atoms with Crippen molar-refractivity contribution in [3.8, 4) is 0 Å². The lowest BCUT2D eigenvalue weighted by Gasteiger charge is -2.02. The number of hydrogen-bond acceptors (Lipinski definition) is 2. The molecule has 5 N–H and O–H groups in total. The van der Waals surface area contributed by atoms with E-state index in [-0.39, 0.29) is 28.5 Å². The van der Waals surface area contributed by atoms with Crippen LogP contribution in [-0.2, 0) is 0 Å². The van der Waals surface area contributed by atoms with Gasteiger partial charge in [-0.1, -0.05) is 89.3 Å². The molecule has 0 atom stereocenters. The van der Waals surface area contributed by atoms with Gasteiger partial charge in [-0.05, 0) is 0 Å². The van der Waals surface area contributed by atoms with Crippen molar-refractivity contribution in [2.45, 2.75) is 89.3 Å². The minimum absolute atomic E-state index is 0. The molecule has 0 aromatic rings. The molecule has 0 saturated carbocycles. The second-order valence-corrected chi connectivity index (χ2v) is 6.40. The highest BCUT2D eigenvalue weighted by Crippen LogP contribution is 2.12. The van der Waals surface area contributed by atoms with Gasteiger partial charge in [0, 0.05) is 0 Å². The van der Waals surface area contributed by atoms with Crippen molar-refractivity contribution in [2.24, 2.45) is 0 Å². The fraction of sp³-hybridized carbons (Fsp3) is 0.933. The molecule has 7 heteroatoms. The van der Waals surface area contributed by atoms with Crippen LogP contribution in [0.5, 0.6) is 0 Å². The highest BCUT2D eigenvalue weighted by molar-refractivity contribution is 6.25. The second-order valence-electron chi connectivity index (χ2n) is 5.25. The van der Waals surface area contributed by atoms with Crippen LogP contribution in [0.3, 0.4) is 0 Å². The largest absolute Gasteiger partial charge is 0.518 e. The summed E-state index contributed by atoms with van der Waals surface area (Å²) in [5, 5.41) is 15.1. The maximum atomic E-state index is 8.77. The first-order valence-corrected chi connectivity index (χ1v) is 9.81. The van der Waals surface area contributed by atoms with Crippen LogP contribution >= 0.6 is 0 Å². The molecular formula is C15H37AlMgO5. The van der Waals surface area contributed by atoms with Crippen LogP contribution in [0.1, 0.15) is 84.0 Å². The summed E-state index contributed by atoms with van der Waals surface area (Å²) in [5.41, 5.74) is 0. The van der Waals surface area contributed by atoms with Crippen molar-refractivity contribution in [3.05, 3.63) is 0 Å². The molecule has 0 bridgehead atoms. The van der Waals surface area contributed by atoms with Crippen LogP contribution in [0.2, 0.25) is 5.28 Å². The molecule has 0 aromatic carbocycles. The van der Waals surface area contributed by atoms with Crippen molar-refractivity contribution in [2.75, 3.05) is 0 Å². The van der Waals surface area contributed by atoms with Gasteiger partial charge in [0.15, 0.2) is 0 Å². The Bertz CT molecular complexity index is 179. The third-order valence-corrected chi connectivity index (χ3v) is 4.08. The third-order valence-electron chi connectivity index (χ3n) is 3.26. The van der Waals surface area contributed by atoms with Gasteiger partial charge in [-0.25, -0.2) is 4.79 Å². The first-order chi connectivity index (χ1) is 9.65. The molecule has 0 aliphatic carbocycles. The SMILES string of the molecule is CCCCCCCCCCCCC[CH2][AlH][OH].O.O=C(O)O.[MgH2]. The van der Waals surface area contributed by atoms with E-state index < -0.39 is 21.7 Å². The molecule has 0 unspecified atom stereocenters. The van der Waals surface area contributed by atoms with E-state index in [9.17, 15) is 0 Å². The fourth-order valence-corrected chi connectivity index (χ4v) is 2.71. The second kappa shape index (κ2) is 29.5. The normalized spacial score (nSPS) is 8.82. The zero-order valence-electron chi connectivity index (χ0n) is 13.6. The van der Waals surface area contributed by atoms with Gasteiger partial charge in [0.05, 0.1) is 0 Å². The maximum Gasteiger partial charge on any atom is 0.503 e. The number of rotatable bonds is 13. The number of carboxylic acid groups (broad SMARTS) is 2. The molecule has 0 aliphatic rings. The van der Waals surface area contributed by atoms with E-state index in [1.165, 1.54) is 77.0 Å². The van der Waals surface area contributed by atoms with E-state index in [0.29, 0.717) is 0 Å². The minimum atomic E-state index is -1.83. The zero-order valence-corrected chi connectivity index (χ0v) is 15.1. The highest BCUT2D eigenvalue weighted by atomic mass is 27.1. The van der Waals surface area contributed by atoms with Crippen LogP contribution < -0.4 is 0 Å². The number of unbranched alkanes of at least 4 members (excludes halogenated alkanes) is 11. The maximum absolute atomic E-state index is 8.77. The highest BCUT2D eigenvalue weighted by Gasteiger charge is 1.93. The van der Waals surface area contributed by atoms with E-state index in [1.54, 1.807) is 0 Å². The Kier molecular flexibility index (Phi) is 40.7. The summed E-state index contributed by atoms with van der Waals surface area (Å²) in [6.07, 6.45) is 15.1. The lowest BCUT2D eigenvalue weighted by atomic mass is 10.1. The Labute approximate surface area is 158 Å². The summed E-state index contributed by atoms with van der Waals surface area (Å²) >= 11 is -0.644. The van der Waals surface area contributed by atoms with Crippen molar-refractivity contribution in [1.29, 1.82) is 0 Å². The Hall–Kier alpha value is 0.489. The predicted octanol–water partition coefficient (Wildman–Crippen LogP) is 2.93. The van der Waals surface area contributed by atoms with E-state index in [4.69, 9.17) is 19.2 Å². The topological polar surface area (TPSA) is 109 Å². The molecule has 132 valence electrons. The van der Waals surface area contributed by atoms with Gasteiger partial charge >= 0.3 is 44.8 Å². The Morgan fingerprint density at radius 1 is 0.773 bits per heavy atom. The molecule has 0 spiro atoms. The van der Waals surface area contributed by atoms with Crippen LogP contribution in [0, 0.1) is 0 Å². The molecule has 0 fully saturated rings. The van der Waals surface area contributed by atoms with Crippen LogP contribution in [0.25, 0.3) is 0 Å². The van der Waals surface area contributed by atoms with E-state index in [1.807, 2.05) is 0 Å². The van der Waals surface area contributed by atoms with Gasteiger partial charge in [0.25, 0.3) is 0 Å². The summed E-state index contributed by atoms with van der Waals surface area (Å²) in [7, 11) is 0. The number of hydrogen-bond donors (Lipinski definition) is 3. The first-order valence-electron chi connectivity index (χ1n) is 8.17. The molecular weight excluding hydrogens is 311 g/mol. The molecule has 0 aliphatic heterocycles. The first kappa shape index (κ1) is 30.4. The van der Waals surface area contributed by atoms with Crippen molar-refractivity contribution < 1.29 is 24.6 Å². The summed E-state index contributed by atoms with van der Waals surface area (Å²) in [4.78, 5) is 8.56. The molecule has 5 nitrogen and oxygen atoms in total. The van der Waals surface area contributed by atoms with Gasteiger partial charge in [-0.2, -0.15) is 0 Å². The van der Waals surface area contributed by atoms with Crippen LogP contribution in [-0.4, -0.2) is 64.6 Å². The van der Waals surface area contributed by atoms with Crippen molar-refractivity contribution in [3.63, 3.8) is 0 Å². The lowest BCUT2D eigenvalue weighted by molar-refractivity contribution is 0.137. The number of carbonyl (C=O) groups is 1. The summed E-state index contributed by atoms with van der Waals surface area (Å²) < 4.78 is 8.77. The zero-order chi connectivity index (χ0) is 15.5. The fourth-order valence-electron chi connectivity index (χ4n) is 2.13. The van der Waals surface area contributed by atoms with E-state index in [2.05, 4.69) is 6.92 Å². The average Bonchev–Trinajstić information content (AvgIpc) is 2.39. The Balaban J connectivity index is -0.000000240. The monoisotopic (exact) mass is 348 g/mol. The van der Waals surface area contributed by atoms with Gasteiger partial charge in [-0.15, -0.1) is 0 Å². The molecule has 0 aromatic heterocycles. The van der Waals surface area contributed by atoms with E-state index in [0.717, 1.165) is 5.28 Å². The Morgan fingerprint density at radius 2 is 1.05 bits per heavy atom. The molecule has 0 amide bonds. The quantitative estimate of drug-likeness (QED) is 0.351. The standard InChI is InChI=1S/C14H29.CH2O3.Al.Mg.2H2O.3H/c1-3-5-7-9-11-13-14-12-10-8-6-4-2;2-1(3)4;;;;;;;/h1,3-14H2,2H3;(H2,2,3,4);;;2*1H2;;;/q;;+1;;;;;;/p-1. The average molecular weight is 349 g/mol. The molecule has 0 rings (SSSR count).